The van der Waals surface area contributed by atoms with Gasteiger partial charge in [0.05, 0.1) is 6.61 Å². The van der Waals surface area contributed by atoms with Gasteiger partial charge in [0.15, 0.2) is 11.0 Å². The first-order chi connectivity index (χ1) is 8.24. The number of halogens is 3. The van der Waals surface area contributed by atoms with E-state index in [0.717, 1.165) is 6.07 Å². The van der Waals surface area contributed by atoms with E-state index in [1.165, 1.54) is 13.8 Å². The second-order valence-corrected chi connectivity index (χ2v) is 3.29. The van der Waals surface area contributed by atoms with Crippen molar-refractivity contribution >= 4 is 5.97 Å². The van der Waals surface area contributed by atoms with E-state index in [4.69, 9.17) is 0 Å². The minimum absolute atomic E-state index is 0.0718. The summed E-state index contributed by atoms with van der Waals surface area (Å²) in [5, 5.41) is 0. The molecular formula is C10H10F3NO4. The third-order valence-corrected chi connectivity index (χ3v) is 1.83. The molecule has 0 unspecified atom stereocenters. The van der Waals surface area contributed by atoms with Crippen LogP contribution in [0.15, 0.2) is 10.9 Å². The number of aryl methyl sites for hydroxylation is 1. The summed E-state index contributed by atoms with van der Waals surface area (Å²) in [5.74, 6) is -2.14. The highest BCUT2D eigenvalue weighted by atomic mass is 19.4. The van der Waals surface area contributed by atoms with Gasteiger partial charge in [0.2, 0.25) is 5.88 Å². The molecule has 100 valence electrons. The van der Waals surface area contributed by atoms with Crippen molar-refractivity contribution in [1.29, 1.82) is 0 Å². The van der Waals surface area contributed by atoms with E-state index in [1.807, 2.05) is 0 Å². The zero-order chi connectivity index (χ0) is 13.9. The van der Waals surface area contributed by atoms with Crippen molar-refractivity contribution in [2.24, 2.45) is 0 Å². The number of aromatic nitrogens is 1. The summed E-state index contributed by atoms with van der Waals surface area (Å²) < 4.78 is 44.5. The van der Waals surface area contributed by atoms with Crippen molar-refractivity contribution in [1.82, 2.24) is 4.98 Å². The molecule has 1 aromatic heterocycles. The normalized spacial score (nSPS) is 11.2. The van der Waals surface area contributed by atoms with Crippen LogP contribution in [0.5, 0.6) is 5.88 Å². The number of carbonyl (C=O) groups excluding carboxylic acids is 1. The topological polar surface area (TPSA) is 68.4 Å². The van der Waals surface area contributed by atoms with E-state index in [1.54, 1.807) is 0 Å². The lowest BCUT2D eigenvalue weighted by Gasteiger charge is -2.12. The number of carbonyl (C=O) groups is 1. The molecule has 0 saturated heterocycles. The standard InChI is InChI=1S/C10H10F3NO4/c1-3-17-9(16)7-6(15)4-5(2)14-8(7)18-10(11,12)13/h4H,3H2,1-2H3,(H,14,15). The molecule has 0 aliphatic carbocycles. The van der Waals surface area contributed by atoms with E-state index >= 15 is 0 Å². The molecule has 1 aromatic rings. The van der Waals surface area contributed by atoms with E-state index in [9.17, 15) is 22.8 Å². The molecular weight excluding hydrogens is 255 g/mol. The summed E-state index contributed by atoms with van der Waals surface area (Å²) >= 11 is 0. The lowest BCUT2D eigenvalue weighted by Crippen LogP contribution is -2.25. The third-order valence-electron chi connectivity index (χ3n) is 1.83. The minimum Gasteiger partial charge on any atom is -0.462 e. The fraction of sp³-hybridized carbons (Fsp3) is 0.400. The van der Waals surface area contributed by atoms with Gasteiger partial charge in [-0.2, -0.15) is 0 Å². The highest BCUT2D eigenvalue weighted by Crippen LogP contribution is 2.23. The molecule has 0 atom stereocenters. The summed E-state index contributed by atoms with van der Waals surface area (Å²) in [6.07, 6.45) is -5.02. The first-order valence-electron chi connectivity index (χ1n) is 4.91. The molecule has 1 rings (SSSR count). The van der Waals surface area contributed by atoms with Crippen LogP contribution in [0.4, 0.5) is 13.2 Å². The van der Waals surface area contributed by atoms with Crippen LogP contribution in [0.25, 0.3) is 0 Å². The number of pyridine rings is 1. The molecule has 0 fully saturated rings. The maximum Gasteiger partial charge on any atom is 0.574 e. The Balaban J connectivity index is 3.30. The Hall–Kier alpha value is -1.99. The van der Waals surface area contributed by atoms with E-state index < -0.39 is 29.2 Å². The molecule has 0 spiro atoms. The number of aromatic amines is 1. The van der Waals surface area contributed by atoms with Gasteiger partial charge in [0, 0.05) is 11.8 Å². The Kier molecular flexibility index (Phi) is 4.00. The van der Waals surface area contributed by atoms with Crippen LogP contribution in [0.1, 0.15) is 23.0 Å². The lowest BCUT2D eigenvalue weighted by atomic mass is 10.2. The maximum absolute atomic E-state index is 12.1. The van der Waals surface area contributed by atoms with E-state index in [2.05, 4.69) is 14.5 Å². The first-order valence-corrected chi connectivity index (χ1v) is 4.91. The summed E-state index contributed by atoms with van der Waals surface area (Å²) in [5.41, 5.74) is -1.57. The van der Waals surface area contributed by atoms with Crippen molar-refractivity contribution in [3.63, 3.8) is 0 Å². The van der Waals surface area contributed by atoms with Gasteiger partial charge >= 0.3 is 12.3 Å². The van der Waals surface area contributed by atoms with Crippen LogP contribution in [0.2, 0.25) is 0 Å². The molecule has 1 N–H and O–H groups in total. The second-order valence-electron chi connectivity index (χ2n) is 3.29. The number of H-pyrrole nitrogens is 1. The number of rotatable bonds is 3. The molecule has 0 saturated carbocycles. The number of alkyl halides is 3. The Morgan fingerprint density at radius 3 is 2.56 bits per heavy atom. The van der Waals surface area contributed by atoms with Gasteiger partial charge in [-0.15, -0.1) is 13.2 Å². The predicted molar refractivity (Wildman–Crippen MR) is 54.4 cm³/mol. The molecule has 0 radical (unpaired) electrons. The van der Waals surface area contributed by atoms with E-state index in [-0.39, 0.29) is 12.3 Å². The van der Waals surface area contributed by atoms with Crippen LogP contribution in [0.3, 0.4) is 0 Å². The van der Waals surface area contributed by atoms with Crippen molar-refractivity contribution < 1.29 is 27.4 Å². The smallest absolute Gasteiger partial charge is 0.462 e. The summed E-state index contributed by atoms with van der Waals surface area (Å²) in [7, 11) is 0. The van der Waals surface area contributed by atoms with Crippen LogP contribution < -0.4 is 10.2 Å². The van der Waals surface area contributed by atoms with Crippen molar-refractivity contribution in [2.75, 3.05) is 6.61 Å². The SMILES string of the molecule is CCOC(=O)c1c(OC(F)(F)F)[nH]c(C)cc1=O. The van der Waals surface area contributed by atoms with Gasteiger partial charge in [-0.3, -0.25) is 4.79 Å². The third kappa shape index (κ3) is 3.51. The number of ether oxygens (including phenoxy) is 2. The second kappa shape index (κ2) is 5.11. The molecule has 0 aliphatic rings. The molecule has 0 aromatic carbocycles. The van der Waals surface area contributed by atoms with Gasteiger partial charge in [0.1, 0.15) is 0 Å². The molecule has 0 amide bonds. The Morgan fingerprint density at radius 1 is 1.44 bits per heavy atom. The number of hydrogen-bond acceptors (Lipinski definition) is 4. The summed E-state index contributed by atoms with van der Waals surface area (Å²) in [4.78, 5) is 25.1. The minimum atomic E-state index is -5.02. The van der Waals surface area contributed by atoms with Gasteiger partial charge in [-0.25, -0.2) is 4.79 Å². The fourth-order valence-electron chi connectivity index (χ4n) is 1.25. The van der Waals surface area contributed by atoms with Gasteiger partial charge in [0.25, 0.3) is 0 Å². The highest BCUT2D eigenvalue weighted by molar-refractivity contribution is 5.91. The zero-order valence-corrected chi connectivity index (χ0v) is 9.55. The summed E-state index contributed by atoms with van der Waals surface area (Å²) in [6.45, 7) is 2.75. The molecule has 0 aliphatic heterocycles. The van der Waals surface area contributed by atoms with Crippen LogP contribution >= 0.6 is 0 Å². The van der Waals surface area contributed by atoms with Gasteiger partial charge in [-0.05, 0) is 13.8 Å². The Bertz CT molecular complexity index is 507. The predicted octanol–water partition coefficient (Wildman–Crippen LogP) is 1.76. The number of hydrogen-bond donors (Lipinski definition) is 1. The number of esters is 1. The van der Waals surface area contributed by atoms with Crippen LogP contribution in [-0.4, -0.2) is 23.9 Å². The largest absolute Gasteiger partial charge is 0.574 e. The van der Waals surface area contributed by atoms with Gasteiger partial charge in [-0.1, -0.05) is 0 Å². The fourth-order valence-corrected chi connectivity index (χ4v) is 1.25. The average Bonchev–Trinajstić information content (AvgIpc) is 2.13. The lowest BCUT2D eigenvalue weighted by molar-refractivity contribution is -0.276. The highest BCUT2D eigenvalue weighted by Gasteiger charge is 2.34. The van der Waals surface area contributed by atoms with Crippen LogP contribution in [0, 0.1) is 6.92 Å². The Morgan fingerprint density at radius 2 is 2.06 bits per heavy atom. The van der Waals surface area contributed by atoms with Crippen molar-refractivity contribution in [3.8, 4) is 5.88 Å². The first kappa shape index (κ1) is 14.1. The Labute approximate surface area is 99.5 Å². The average molecular weight is 265 g/mol. The van der Waals surface area contributed by atoms with Crippen LogP contribution in [-0.2, 0) is 4.74 Å². The maximum atomic E-state index is 12.1. The quantitative estimate of drug-likeness (QED) is 0.845. The number of nitrogens with one attached hydrogen (secondary N) is 1. The summed E-state index contributed by atoms with van der Waals surface area (Å²) in [6, 6.07) is 0.982. The monoisotopic (exact) mass is 265 g/mol. The molecule has 8 heteroatoms. The molecule has 1 heterocycles. The van der Waals surface area contributed by atoms with Gasteiger partial charge < -0.3 is 14.5 Å². The molecule has 0 bridgehead atoms. The molecule has 5 nitrogen and oxygen atoms in total. The van der Waals surface area contributed by atoms with Crippen molar-refractivity contribution in [3.05, 3.63) is 27.5 Å². The van der Waals surface area contributed by atoms with Crippen molar-refractivity contribution in [2.45, 2.75) is 20.2 Å². The molecule has 18 heavy (non-hydrogen) atoms. The van der Waals surface area contributed by atoms with E-state index in [0.29, 0.717) is 0 Å². The zero-order valence-electron chi connectivity index (χ0n) is 9.55.